The minimum Gasteiger partial charge on any atom is -0.310 e. The second kappa shape index (κ2) is 21.3. The van der Waals surface area contributed by atoms with Crippen molar-refractivity contribution in [2.45, 2.75) is 43.9 Å². The average Bonchev–Trinajstić information content (AvgIpc) is 1.91. The molecule has 2 fully saturated rings. The van der Waals surface area contributed by atoms with Gasteiger partial charge in [0.15, 0.2) is 0 Å². The first-order valence-electron chi connectivity index (χ1n) is 29.7. The van der Waals surface area contributed by atoms with Gasteiger partial charge in [-0.15, -0.1) is 0 Å². The van der Waals surface area contributed by atoms with Crippen LogP contribution in [0, 0.1) is 18.8 Å². The Morgan fingerprint density at radius 3 is 1.22 bits per heavy atom. The largest absolute Gasteiger partial charge is 0.310 e. The van der Waals surface area contributed by atoms with Crippen LogP contribution in [0.4, 0.5) is 34.1 Å². The molecular formula is C81H64N2. The van der Waals surface area contributed by atoms with Crippen LogP contribution in [0.5, 0.6) is 0 Å². The molecule has 3 aliphatic rings. The molecule has 0 saturated heterocycles. The number of hydrogen-bond acceptors (Lipinski definition) is 2. The highest BCUT2D eigenvalue weighted by Gasteiger charge is 2.47. The molecule has 15 rings (SSSR count). The molecule has 0 N–H and O–H groups in total. The molecule has 2 heteroatoms. The van der Waals surface area contributed by atoms with Gasteiger partial charge in [0.05, 0.1) is 5.41 Å². The zero-order valence-corrected chi connectivity index (χ0v) is 46.8. The Labute approximate surface area is 489 Å². The predicted octanol–water partition coefficient (Wildman–Crippen LogP) is 21.9. The molecule has 3 atom stereocenters. The van der Waals surface area contributed by atoms with Crippen LogP contribution in [0.3, 0.4) is 0 Å². The Hall–Kier alpha value is -9.76. The lowest BCUT2D eigenvalue weighted by Crippen LogP contribution is -2.28. The highest BCUT2D eigenvalue weighted by molar-refractivity contribution is 5.97. The summed E-state index contributed by atoms with van der Waals surface area (Å²) < 4.78 is 0. The molecule has 0 spiro atoms. The molecule has 2 saturated carbocycles. The van der Waals surface area contributed by atoms with Gasteiger partial charge < -0.3 is 9.80 Å². The second-order valence-corrected chi connectivity index (χ2v) is 23.2. The summed E-state index contributed by atoms with van der Waals surface area (Å²) in [4.78, 5) is 4.86. The van der Waals surface area contributed by atoms with Crippen molar-refractivity contribution in [3.63, 3.8) is 0 Å². The fourth-order valence-corrected chi connectivity index (χ4v) is 14.8. The summed E-state index contributed by atoms with van der Waals surface area (Å²) in [5, 5.41) is 0. The van der Waals surface area contributed by atoms with E-state index in [1.807, 2.05) is 0 Å². The van der Waals surface area contributed by atoms with Crippen molar-refractivity contribution in [2.75, 3.05) is 9.80 Å². The molecule has 3 unspecified atom stereocenters. The first-order chi connectivity index (χ1) is 41.1. The van der Waals surface area contributed by atoms with E-state index in [2.05, 4.69) is 320 Å². The van der Waals surface area contributed by atoms with E-state index in [4.69, 9.17) is 0 Å². The van der Waals surface area contributed by atoms with E-state index in [0.29, 0.717) is 5.92 Å². The third-order valence-corrected chi connectivity index (χ3v) is 18.5. The van der Waals surface area contributed by atoms with Crippen molar-refractivity contribution in [2.24, 2.45) is 11.8 Å². The number of benzene rings is 12. The molecule has 398 valence electrons. The van der Waals surface area contributed by atoms with Crippen molar-refractivity contribution in [3.8, 4) is 55.6 Å². The van der Waals surface area contributed by atoms with E-state index >= 15 is 0 Å². The van der Waals surface area contributed by atoms with E-state index in [0.717, 1.165) is 45.8 Å². The summed E-state index contributed by atoms with van der Waals surface area (Å²) in [6.07, 6.45) is 5.51. The summed E-state index contributed by atoms with van der Waals surface area (Å²) in [5.41, 5.74) is 26.2. The van der Waals surface area contributed by atoms with Gasteiger partial charge in [-0.1, -0.05) is 225 Å². The Morgan fingerprint density at radius 1 is 0.313 bits per heavy atom. The lowest BCUT2D eigenvalue weighted by Gasteiger charge is -2.35. The van der Waals surface area contributed by atoms with Crippen molar-refractivity contribution in [1.82, 2.24) is 0 Å². The smallest absolute Gasteiger partial charge is 0.0714 e. The van der Waals surface area contributed by atoms with Crippen LogP contribution in [-0.2, 0) is 5.41 Å². The maximum atomic E-state index is 2.48. The molecule has 0 aromatic heterocycles. The van der Waals surface area contributed by atoms with Crippen molar-refractivity contribution in [3.05, 3.63) is 337 Å². The second-order valence-electron chi connectivity index (χ2n) is 23.2. The minimum absolute atomic E-state index is 0.525. The summed E-state index contributed by atoms with van der Waals surface area (Å²) >= 11 is 0. The third-order valence-electron chi connectivity index (χ3n) is 18.5. The van der Waals surface area contributed by atoms with Crippen molar-refractivity contribution >= 4 is 34.1 Å². The Bertz CT molecular complexity index is 4210. The highest BCUT2D eigenvalue weighted by Crippen LogP contribution is 2.59. The van der Waals surface area contributed by atoms with Crippen molar-refractivity contribution < 1.29 is 0 Å². The molecule has 3 aliphatic carbocycles. The first kappa shape index (κ1) is 50.2. The van der Waals surface area contributed by atoms with Crippen LogP contribution in [0.2, 0.25) is 0 Å². The molecule has 2 nitrogen and oxygen atoms in total. The van der Waals surface area contributed by atoms with Crippen LogP contribution < -0.4 is 9.80 Å². The fraction of sp³-hybridized carbons (Fsp3) is 0.111. The fourth-order valence-electron chi connectivity index (χ4n) is 14.8. The predicted molar refractivity (Wildman–Crippen MR) is 348 cm³/mol. The molecule has 0 aliphatic heterocycles. The lowest BCUT2D eigenvalue weighted by atomic mass is 9.67. The Morgan fingerprint density at radius 2 is 0.735 bits per heavy atom. The van der Waals surface area contributed by atoms with E-state index in [1.165, 1.54) is 115 Å². The number of anilines is 6. The molecule has 83 heavy (non-hydrogen) atoms. The Kier molecular flexibility index (Phi) is 12.9. The summed E-state index contributed by atoms with van der Waals surface area (Å²) in [7, 11) is 0. The molecule has 0 radical (unpaired) electrons. The molecule has 0 heterocycles. The van der Waals surface area contributed by atoms with Gasteiger partial charge in [-0.25, -0.2) is 0 Å². The van der Waals surface area contributed by atoms with Crippen LogP contribution >= 0.6 is 0 Å². The average molecular weight is 1070 g/mol. The number of nitrogens with zero attached hydrogens (tertiary/aromatic N) is 2. The zero-order valence-electron chi connectivity index (χ0n) is 46.8. The molecule has 2 bridgehead atoms. The first-order valence-corrected chi connectivity index (χ1v) is 29.7. The minimum atomic E-state index is -0.525. The molecule has 0 amide bonds. The van der Waals surface area contributed by atoms with Gasteiger partial charge in [-0.3, -0.25) is 0 Å². The topological polar surface area (TPSA) is 6.48 Å². The van der Waals surface area contributed by atoms with Gasteiger partial charge in [0.1, 0.15) is 0 Å². The van der Waals surface area contributed by atoms with Gasteiger partial charge in [0.2, 0.25) is 0 Å². The number of para-hydroxylation sites is 2. The highest BCUT2D eigenvalue weighted by atomic mass is 15.1. The number of fused-ring (bicyclic) bond motifs is 5. The molecule has 12 aromatic rings. The number of aryl methyl sites for hydroxylation is 1. The maximum Gasteiger partial charge on any atom is 0.0714 e. The van der Waals surface area contributed by atoms with Crippen molar-refractivity contribution in [1.29, 1.82) is 0 Å². The van der Waals surface area contributed by atoms with E-state index in [1.54, 1.807) is 0 Å². The SMILES string of the molecule is Cc1cccc2c1-c1ccc(N(c3ccccc3)c3ccc(-c4cc(-c5ccccc5)c(-c5ccc(N(c6ccccc6)c6cccc(C7CC8CCC7C8)c6)cc5)cc4-c4ccccc4)cc3)cc1C2(c1ccccc1)c1ccccc1. The van der Waals surface area contributed by atoms with Crippen LogP contribution in [0.15, 0.2) is 303 Å². The molecule has 12 aromatic carbocycles. The van der Waals surface area contributed by atoms with E-state index < -0.39 is 5.41 Å². The van der Waals surface area contributed by atoms with Gasteiger partial charge in [0, 0.05) is 34.1 Å². The van der Waals surface area contributed by atoms with E-state index in [9.17, 15) is 0 Å². The van der Waals surface area contributed by atoms with Gasteiger partial charge >= 0.3 is 0 Å². The third kappa shape index (κ3) is 8.89. The van der Waals surface area contributed by atoms with Crippen LogP contribution in [0.1, 0.15) is 65.0 Å². The number of rotatable bonds is 13. The van der Waals surface area contributed by atoms with Gasteiger partial charge in [-0.05, 0) is 218 Å². The summed E-state index contributed by atoms with van der Waals surface area (Å²) in [6, 6.07) is 113. The standard InChI is InChI=1S/C81H64N2/c1-56-22-20-37-78-80(56)72-49-48-71(53-79(72)81(78,64-28-12-4-13-29-64)65-30-14-5-15-31-65)83(67-34-18-7-19-35-67)69-46-42-61(43-47-69)77-55-74(58-23-8-2-9-24-58)76(54-75(77)59-25-10-3-11-26-59)60-40-44-68(45-41-60)82(66-32-16-6-17-33-66)70-36-21-27-62(52-70)73-51-57-38-39-63(73)50-57/h2-37,40-49,52-55,57,63,73H,38-39,50-51H2,1H3. The normalized spacial score (nSPS) is 16.3. The van der Waals surface area contributed by atoms with Gasteiger partial charge in [-0.2, -0.15) is 0 Å². The van der Waals surface area contributed by atoms with Crippen LogP contribution in [0.25, 0.3) is 55.6 Å². The zero-order chi connectivity index (χ0) is 55.3. The monoisotopic (exact) mass is 1060 g/mol. The quantitative estimate of drug-likeness (QED) is 0.114. The Balaban J connectivity index is 0.844. The van der Waals surface area contributed by atoms with Crippen LogP contribution in [-0.4, -0.2) is 0 Å². The van der Waals surface area contributed by atoms with Gasteiger partial charge in [0.25, 0.3) is 0 Å². The summed E-state index contributed by atoms with van der Waals surface area (Å²) in [6.45, 7) is 2.26. The lowest BCUT2D eigenvalue weighted by molar-refractivity contribution is 0.420. The number of hydrogen-bond donors (Lipinski definition) is 0. The maximum absolute atomic E-state index is 2.48. The summed E-state index contributed by atoms with van der Waals surface area (Å²) in [5.74, 6) is 2.38. The van der Waals surface area contributed by atoms with E-state index in [-0.39, 0.29) is 0 Å². The molecular weight excluding hydrogens is 1000 g/mol.